The van der Waals surface area contributed by atoms with Crippen molar-refractivity contribution in [1.29, 1.82) is 0 Å². The predicted molar refractivity (Wildman–Crippen MR) is 137 cm³/mol. The number of carbonyl (C=O) groups is 3. The van der Waals surface area contributed by atoms with Gasteiger partial charge in [0.05, 0.1) is 36.8 Å². The predicted octanol–water partition coefficient (Wildman–Crippen LogP) is 2.24. The van der Waals surface area contributed by atoms with E-state index in [0.717, 1.165) is 10.4 Å². The molecule has 3 amide bonds. The molecule has 1 aromatic heterocycles. The third-order valence-electron chi connectivity index (χ3n) is 6.15. The first-order valence-electron chi connectivity index (χ1n) is 11.9. The highest BCUT2D eigenvalue weighted by atomic mass is 32.2. The summed E-state index contributed by atoms with van der Waals surface area (Å²) in [5.41, 5.74) is 1.48. The second-order valence-corrected chi connectivity index (χ2v) is 11.8. The van der Waals surface area contributed by atoms with E-state index in [0.29, 0.717) is 36.7 Å². The van der Waals surface area contributed by atoms with E-state index in [-0.39, 0.29) is 42.6 Å². The fourth-order valence-electron chi connectivity index (χ4n) is 4.20. The molecule has 11 nitrogen and oxygen atoms in total. The number of nitrogens with zero attached hydrogens (tertiary/aromatic N) is 3. The van der Waals surface area contributed by atoms with Crippen molar-refractivity contribution in [1.82, 2.24) is 14.1 Å². The van der Waals surface area contributed by atoms with E-state index in [1.54, 1.807) is 25.9 Å². The summed E-state index contributed by atoms with van der Waals surface area (Å²) in [5.74, 6) is -0.715. The van der Waals surface area contributed by atoms with Gasteiger partial charge >= 0.3 is 6.09 Å². The van der Waals surface area contributed by atoms with E-state index in [9.17, 15) is 22.8 Å². The molecule has 13 heteroatoms. The van der Waals surface area contributed by atoms with Gasteiger partial charge in [-0.05, 0) is 43.2 Å². The molecule has 3 heterocycles. The van der Waals surface area contributed by atoms with Gasteiger partial charge in [0.25, 0.3) is 11.8 Å². The summed E-state index contributed by atoms with van der Waals surface area (Å²) >= 11 is 1.25. The number of hydrogen-bond donors (Lipinski definition) is 1. The van der Waals surface area contributed by atoms with Gasteiger partial charge in [0, 0.05) is 44.2 Å². The Morgan fingerprint density at radius 1 is 1.11 bits per heavy atom. The Morgan fingerprint density at radius 2 is 1.78 bits per heavy atom. The summed E-state index contributed by atoms with van der Waals surface area (Å²) in [4.78, 5) is 42.3. The minimum Gasteiger partial charge on any atom is -0.450 e. The molecule has 0 atom stereocenters. The number of carbonyl (C=O) groups excluding carboxylic acids is 3. The number of amides is 3. The fourth-order valence-corrected chi connectivity index (χ4v) is 6.86. The van der Waals surface area contributed by atoms with Crippen molar-refractivity contribution in [2.24, 2.45) is 0 Å². The minimum atomic E-state index is -3.68. The normalized spacial score (nSPS) is 16.1. The van der Waals surface area contributed by atoms with Crippen molar-refractivity contribution < 1.29 is 32.3 Å². The van der Waals surface area contributed by atoms with Crippen LogP contribution in [0.1, 0.15) is 38.1 Å². The van der Waals surface area contributed by atoms with Gasteiger partial charge in [0.1, 0.15) is 5.00 Å². The average molecular weight is 551 g/mol. The average Bonchev–Trinajstić information content (AvgIpc) is 3.25. The van der Waals surface area contributed by atoms with E-state index in [1.165, 1.54) is 44.8 Å². The van der Waals surface area contributed by atoms with Gasteiger partial charge in [-0.2, -0.15) is 4.31 Å². The lowest BCUT2D eigenvalue weighted by Gasteiger charge is -2.26. The zero-order valence-corrected chi connectivity index (χ0v) is 22.6. The Kier molecular flexibility index (Phi) is 8.17. The van der Waals surface area contributed by atoms with Crippen molar-refractivity contribution in [2.45, 2.75) is 24.8 Å². The molecule has 1 N–H and O–H groups in total. The number of morpholine rings is 1. The van der Waals surface area contributed by atoms with Crippen LogP contribution in [0, 0.1) is 0 Å². The summed E-state index contributed by atoms with van der Waals surface area (Å²) in [6, 6.07) is 5.71. The molecule has 200 valence electrons. The Morgan fingerprint density at radius 3 is 2.41 bits per heavy atom. The number of hydrogen-bond acceptors (Lipinski definition) is 8. The number of sulfonamides is 1. The highest BCUT2D eigenvalue weighted by Gasteiger charge is 2.32. The minimum absolute atomic E-state index is 0.0973. The molecule has 0 unspecified atom stereocenters. The summed E-state index contributed by atoms with van der Waals surface area (Å²) < 4.78 is 37.4. The van der Waals surface area contributed by atoms with Gasteiger partial charge in [0.15, 0.2) is 0 Å². The van der Waals surface area contributed by atoms with Gasteiger partial charge in [-0.15, -0.1) is 11.3 Å². The van der Waals surface area contributed by atoms with Crippen molar-refractivity contribution in [3.63, 3.8) is 0 Å². The molecule has 2 aromatic rings. The number of ether oxygens (including phenoxy) is 2. The zero-order chi connectivity index (χ0) is 26.7. The molecule has 1 aromatic carbocycles. The van der Waals surface area contributed by atoms with Gasteiger partial charge < -0.3 is 24.6 Å². The van der Waals surface area contributed by atoms with Crippen LogP contribution in [0.4, 0.5) is 9.80 Å². The zero-order valence-electron chi connectivity index (χ0n) is 21.0. The molecule has 0 spiro atoms. The maximum atomic E-state index is 13.1. The molecule has 0 aliphatic carbocycles. The summed E-state index contributed by atoms with van der Waals surface area (Å²) in [5, 5.41) is 3.22. The van der Waals surface area contributed by atoms with Crippen LogP contribution in [-0.4, -0.2) is 94.0 Å². The van der Waals surface area contributed by atoms with Crippen LogP contribution in [-0.2, 0) is 32.5 Å². The van der Waals surface area contributed by atoms with Crippen LogP contribution in [0.5, 0.6) is 0 Å². The first kappa shape index (κ1) is 27.0. The smallest absolute Gasteiger partial charge is 0.410 e. The van der Waals surface area contributed by atoms with Gasteiger partial charge in [0.2, 0.25) is 10.0 Å². The van der Waals surface area contributed by atoms with Crippen LogP contribution in [0.25, 0.3) is 0 Å². The van der Waals surface area contributed by atoms with Gasteiger partial charge in [-0.3, -0.25) is 9.59 Å². The number of rotatable bonds is 6. The van der Waals surface area contributed by atoms with Gasteiger partial charge in [-0.25, -0.2) is 13.2 Å². The monoisotopic (exact) mass is 550 g/mol. The SMILES string of the molecule is CCOC(=O)N1CCc2c(sc(NC(=O)c3ccc(S(=O)(=O)N4CCOCC4)cc3)c2C(=O)N(C)C)C1. The maximum Gasteiger partial charge on any atom is 0.410 e. The topological polar surface area (TPSA) is 126 Å². The Bertz CT molecular complexity index is 1280. The van der Waals surface area contributed by atoms with E-state index in [2.05, 4.69) is 5.32 Å². The van der Waals surface area contributed by atoms with Crippen LogP contribution in [0.3, 0.4) is 0 Å². The molecule has 4 rings (SSSR count). The van der Waals surface area contributed by atoms with Crippen molar-refractivity contribution in [3.05, 3.63) is 45.8 Å². The third-order valence-corrected chi connectivity index (χ3v) is 9.20. The molecule has 2 aliphatic heterocycles. The molecular weight excluding hydrogens is 520 g/mol. The van der Waals surface area contributed by atoms with E-state index in [1.807, 2.05) is 0 Å². The van der Waals surface area contributed by atoms with Crippen molar-refractivity contribution in [2.75, 3.05) is 58.9 Å². The first-order chi connectivity index (χ1) is 17.6. The third kappa shape index (κ3) is 5.64. The van der Waals surface area contributed by atoms with Crippen LogP contribution < -0.4 is 5.32 Å². The second-order valence-electron chi connectivity index (χ2n) is 8.77. The highest BCUT2D eigenvalue weighted by Crippen LogP contribution is 2.38. The molecule has 37 heavy (non-hydrogen) atoms. The lowest BCUT2D eigenvalue weighted by Crippen LogP contribution is -2.40. The molecule has 0 radical (unpaired) electrons. The lowest BCUT2D eigenvalue weighted by molar-refractivity contribution is 0.0730. The molecule has 2 aliphatic rings. The summed E-state index contributed by atoms with van der Waals surface area (Å²) in [6.45, 7) is 3.95. The van der Waals surface area contributed by atoms with E-state index < -0.39 is 22.0 Å². The number of thiophene rings is 1. The summed E-state index contributed by atoms with van der Waals surface area (Å²) in [7, 11) is -0.402. The molecule has 0 bridgehead atoms. The molecule has 1 saturated heterocycles. The van der Waals surface area contributed by atoms with Crippen molar-refractivity contribution in [3.8, 4) is 0 Å². The van der Waals surface area contributed by atoms with Crippen LogP contribution in [0.15, 0.2) is 29.2 Å². The molecular formula is C24H30N4O7S2. The standard InChI is InChI=1S/C24H30N4O7S2/c1-4-35-24(31)27-10-9-18-19(15-27)36-22(20(18)23(30)26(2)3)25-21(29)16-5-7-17(8-6-16)37(32,33)28-11-13-34-14-12-28/h5-8H,4,9-15H2,1-3H3,(H,25,29). The molecule has 0 saturated carbocycles. The van der Waals surface area contributed by atoms with Crippen molar-refractivity contribution >= 4 is 44.3 Å². The number of nitrogens with one attached hydrogen (secondary N) is 1. The number of anilines is 1. The van der Waals surface area contributed by atoms with E-state index in [4.69, 9.17) is 9.47 Å². The quantitative estimate of drug-likeness (QED) is 0.585. The Hall–Kier alpha value is -3.00. The molecule has 1 fully saturated rings. The van der Waals surface area contributed by atoms with Crippen LogP contribution in [0.2, 0.25) is 0 Å². The van der Waals surface area contributed by atoms with Gasteiger partial charge in [-0.1, -0.05) is 0 Å². The van der Waals surface area contributed by atoms with Crippen LogP contribution >= 0.6 is 11.3 Å². The Labute approximate surface area is 220 Å². The largest absolute Gasteiger partial charge is 0.450 e. The fraction of sp³-hybridized carbons (Fsp3) is 0.458. The number of benzene rings is 1. The maximum absolute atomic E-state index is 13.1. The highest BCUT2D eigenvalue weighted by molar-refractivity contribution is 7.89. The van der Waals surface area contributed by atoms with E-state index >= 15 is 0 Å². The summed E-state index contributed by atoms with van der Waals surface area (Å²) in [6.07, 6.45) is 0.0449. The number of fused-ring (bicyclic) bond motifs is 1. The second kappa shape index (κ2) is 11.2. The Balaban J connectivity index is 1.56. The first-order valence-corrected chi connectivity index (χ1v) is 14.2. The lowest BCUT2D eigenvalue weighted by atomic mass is 10.0.